The van der Waals surface area contributed by atoms with Crippen LogP contribution in [0.4, 0.5) is 5.69 Å². The molecule has 2 aliphatic heterocycles. The molecule has 2 saturated heterocycles. The van der Waals surface area contributed by atoms with Crippen LogP contribution in [0.1, 0.15) is 42.1 Å². The fourth-order valence-electron chi connectivity index (χ4n) is 5.24. The minimum Gasteiger partial charge on any atom is -0.371 e. The number of rotatable bonds is 3. The number of pyridine rings is 1. The topological polar surface area (TPSA) is 39.5 Å². The van der Waals surface area contributed by atoms with Crippen molar-refractivity contribution in [2.75, 3.05) is 18.0 Å². The van der Waals surface area contributed by atoms with Crippen molar-refractivity contribution in [1.29, 1.82) is 0 Å². The molecule has 0 atom stereocenters. The molecule has 5 rings (SSSR count). The minimum atomic E-state index is -0.0484. The Kier molecular flexibility index (Phi) is 5.24. The van der Waals surface area contributed by atoms with Gasteiger partial charge in [0.2, 0.25) is 0 Å². The maximum absolute atomic E-state index is 6.29. The molecular formula is C25H30ClN3O2. The summed E-state index contributed by atoms with van der Waals surface area (Å²) in [7, 11) is 0. The number of fused-ring (bicyclic) bond motifs is 1. The molecule has 0 N–H and O–H groups in total. The maximum Gasteiger partial charge on any atom is 0.166 e. The fourth-order valence-corrected chi connectivity index (χ4v) is 5.56. The molecule has 2 aliphatic rings. The molecule has 6 heteroatoms. The average Bonchev–Trinajstić information content (AvgIpc) is 3.00. The van der Waals surface area contributed by atoms with Crippen molar-refractivity contribution in [3.8, 4) is 5.69 Å². The van der Waals surface area contributed by atoms with Gasteiger partial charge in [0.05, 0.1) is 5.69 Å². The zero-order valence-electron chi connectivity index (χ0n) is 18.9. The second-order valence-electron chi connectivity index (χ2n) is 9.08. The van der Waals surface area contributed by atoms with Gasteiger partial charge in [-0.05, 0) is 82.3 Å². The van der Waals surface area contributed by atoms with Gasteiger partial charge in [-0.25, -0.2) is 4.98 Å². The third kappa shape index (κ3) is 3.63. The summed E-state index contributed by atoms with van der Waals surface area (Å²) in [5.74, 6) is 0.482. The van der Waals surface area contributed by atoms with Crippen molar-refractivity contribution >= 4 is 28.3 Å². The predicted octanol–water partition coefficient (Wildman–Crippen LogP) is 5.85. The first kappa shape index (κ1) is 20.8. The minimum absolute atomic E-state index is 0.0185. The first-order valence-electron chi connectivity index (χ1n) is 11.1. The monoisotopic (exact) mass is 439 g/mol. The Bertz CT molecular complexity index is 1120. The van der Waals surface area contributed by atoms with E-state index >= 15 is 0 Å². The van der Waals surface area contributed by atoms with Gasteiger partial charge in [0, 0.05) is 47.0 Å². The molecule has 31 heavy (non-hydrogen) atoms. The van der Waals surface area contributed by atoms with Crippen LogP contribution in [-0.4, -0.2) is 35.2 Å². The van der Waals surface area contributed by atoms with Gasteiger partial charge >= 0.3 is 0 Å². The number of benzene rings is 1. The van der Waals surface area contributed by atoms with Crippen molar-refractivity contribution < 1.29 is 9.47 Å². The Morgan fingerprint density at radius 1 is 0.968 bits per heavy atom. The molecule has 0 amide bonds. The number of halogens is 1. The molecule has 4 heterocycles. The normalized spacial score (nSPS) is 22.2. The van der Waals surface area contributed by atoms with Gasteiger partial charge in [-0.15, -0.1) is 0 Å². The van der Waals surface area contributed by atoms with E-state index in [1.54, 1.807) is 0 Å². The molecule has 1 aromatic carbocycles. The van der Waals surface area contributed by atoms with Crippen LogP contribution in [0.5, 0.6) is 0 Å². The third-order valence-corrected chi connectivity index (χ3v) is 6.88. The lowest BCUT2D eigenvalue weighted by Crippen LogP contribution is -2.48. The van der Waals surface area contributed by atoms with Gasteiger partial charge in [-0.2, -0.15) is 0 Å². The molecule has 2 fully saturated rings. The number of aromatic nitrogens is 2. The van der Waals surface area contributed by atoms with Crippen molar-refractivity contribution in [1.82, 2.24) is 9.55 Å². The lowest BCUT2D eigenvalue weighted by Gasteiger charge is -2.43. The molecule has 0 bridgehead atoms. The SMILES string of the molecule is Cc1cc(N2CCC(C3OC(C)O3)CC2)c2c(C)cn(-c3c(C)cc(Cl)cc3C)c2n1. The second kappa shape index (κ2) is 7.80. The molecular weight excluding hydrogens is 410 g/mol. The fraction of sp³-hybridized carbons (Fsp3) is 0.480. The second-order valence-corrected chi connectivity index (χ2v) is 9.52. The van der Waals surface area contributed by atoms with E-state index in [4.69, 9.17) is 26.1 Å². The number of anilines is 1. The predicted molar refractivity (Wildman–Crippen MR) is 125 cm³/mol. The molecule has 2 aromatic heterocycles. The lowest BCUT2D eigenvalue weighted by atomic mass is 9.94. The van der Waals surface area contributed by atoms with Crippen LogP contribution in [0.25, 0.3) is 16.7 Å². The van der Waals surface area contributed by atoms with Crippen molar-refractivity contribution in [2.24, 2.45) is 5.92 Å². The highest BCUT2D eigenvalue weighted by Gasteiger charge is 2.36. The first-order chi connectivity index (χ1) is 14.8. The maximum atomic E-state index is 6.29. The van der Waals surface area contributed by atoms with E-state index in [0.29, 0.717) is 5.92 Å². The van der Waals surface area contributed by atoms with Gasteiger partial charge in [0.25, 0.3) is 0 Å². The van der Waals surface area contributed by atoms with Crippen LogP contribution in [0.15, 0.2) is 24.4 Å². The van der Waals surface area contributed by atoms with Gasteiger partial charge in [0.1, 0.15) is 5.65 Å². The largest absolute Gasteiger partial charge is 0.371 e. The highest BCUT2D eigenvalue weighted by molar-refractivity contribution is 6.30. The quantitative estimate of drug-likeness (QED) is 0.513. The van der Waals surface area contributed by atoms with E-state index in [1.807, 2.05) is 19.1 Å². The summed E-state index contributed by atoms with van der Waals surface area (Å²) in [4.78, 5) is 7.48. The molecule has 0 unspecified atom stereocenters. The van der Waals surface area contributed by atoms with Gasteiger partial charge in [-0.3, -0.25) is 0 Å². The van der Waals surface area contributed by atoms with Crippen LogP contribution in [0.2, 0.25) is 5.02 Å². The van der Waals surface area contributed by atoms with E-state index in [9.17, 15) is 0 Å². The van der Waals surface area contributed by atoms with Gasteiger partial charge < -0.3 is 18.9 Å². The molecule has 0 spiro atoms. The van der Waals surface area contributed by atoms with Crippen molar-refractivity contribution in [3.63, 3.8) is 0 Å². The van der Waals surface area contributed by atoms with Crippen molar-refractivity contribution in [2.45, 2.75) is 60.0 Å². The number of hydrogen-bond donors (Lipinski definition) is 0. The smallest absolute Gasteiger partial charge is 0.166 e. The summed E-state index contributed by atoms with van der Waals surface area (Å²) in [5.41, 5.74) is 8.05. The number of ether oxygens (including phenoxy) is 2. The van der Waals surface area contributed by atoms with Crippen LogP contribution in [-0.2, 0) is 9.47 Å². The first-order valence-corrected chi connectivity index (χ1v) is 11.5. The van der Waals surface area contributed by atoms with E-state index < -0.39 is 0 Å². The summed E-state index contributed by atoms with van der Waals surface area (Å²) in [6.45, 7) is 12.5. The molecule has 0 saturated carbocycles. The van der Waals surface area contributed by atoms with E-state index in [2.05, 4.69) is 49.4 Å². The number of nitrogens with zero attached hydrogens (tertiary/aromatic N) is 3. The summed E-state index contributed by atoms with van der Waals surface area (Å²) >= 11 is 6.29. The number of hydrogen-bond acceptors (Lipinski definition) is 4. The highest BCUT2D eigenvalue weighted by atomic mass is 35.5. The Labute approximate surface area is 188 Å². The molecule has 0 radical (unpaired) electrons. The van der Waals surface area contributed by atoms with Crippen molar-refractivity contribution in [3.05, 3.63) is 51.8 Å². The zero-order chi connectivity index (χ0) is 21.9. The Balaban J connectivity index is 1.53. The average molecular weight is 440 g/mol. The van der Waals surface area contributed by atoms with E-state index in [1.165, 1.54) is 22.3 Å². The summed E-state index contributed by atoms with van der Waals surface area (Å²) < 4.78 is 13.7. The third-order valence-electron chi connectivity index (χ3n) is 6.67. The van der Waals surface area contributed by atoms with Gasteiger partial charge in [-0.1, -0.05) is 11.6 Å². The Morgan fingerprint density at radius 3 is 2.23 bits per heavy atom. The molecule has 3 aromatic rings. The highest BCUT2D eigenvalue weighted by Crippen LogP contribution is 2.38. The molecule has 5 nitrogen and oxygen atoms in total. The van der Waals surface area contributed by atoms with Crippen LogP contribution < -0.4 is 4.90 Å². The number of piperidine rings is 1. The van der Waals surface area contributed by atoms with Crippen LogP contribution >= 0.6 is 11.6 Å². The molecule has 0 aliphatic carbocycles. The molecule has 164 valence electrons. The number of aryl methyl sites for hydroxylation is 4. The summed E-state index contributed by atoms with van der Waals surface area (Å²) in [5, 5.41) is 2.01. The summed E-state index contributed by atoms with van der Waals surface area (Å²) in [6.07, 6.45) is 4.31. The Morgan fingerprint density at radius 2 is 1.61 bits per heavy atom. The van der Waals surface area contributed by atoms with Crippen LogP contribution in [0.3, 0.4) is 0 Å². The summed E-state index contributed by atoms with van der Waals surface area (Å²) in [6, 6.07) is 6.29. The Hall–Kier alpha value is -2.08. The standard InChI is InChI=1S/C25H30ClN3O2/c1-14-10-20(26)11-15(2)23(14)29-13-16(3)22-21(12-17(4)27-24(22)29)28-8-6-19(7-9-28)25-30-18(5)31-25/h10-13,18-19,25H,6-9H2,1-5H3. The van der Waals surface area contributed by atoms with E-state index in [0.717, 1.165) is 53.4 Å². The zero-order valence-corrected chi connectivity index (χ0v) is 19.7. The lowest BCUT2D eigenvalue weighted by molar-refractivity contribution is -0.393. The van der Waals surface area contributed by atoms with E-state index in [-0.39, 0.29) is 12.6 Å². The van der Waals surface area contributed by atoms with Gasteiger partial charge in [0.15, 0.2) is 12.6 Å². The van der Waals surface area contributed by atoms with Crippen LogP contribution in [0, 0.1) is 33.6 Å².